The van der Waals surface area contributed by atoms with Gasteiger partial charge in [0.2, 0.25) is 0 Å². The molecule has 4 aliphatic rings. The monoisotopic (exact) mass is 581 g/mol. The molecule has 5 rings (SSSR count). The summed E-state index contributed by atoms with van der Waals surface area (Å²) >= 11 is 8.73. The Morgan fingerprint density at radius 3 is 2.64 bits per heavy atom. The van der Waals surface area contributed by atoms with E-state index in [9.17, 15) is 4.79 Å². The molecule has 2 unspecified atom stereocenters. The quantitative estimate of drug-likeness (QED) is 0.368. The van der Waals surface area contributed by atoms with Crippen LogP contribution in [0.15, 0.2) is 39.6 Å². The van der Waals surface area contributed by atoms with Crippen molar-refractivity contribution in [2.45, 2.75) is 56.9 Å². The van der Waals surface area contributed by atoms with E-state index < -0.39 is 0 Å². The number of aldehydes is 1. The van der Waals surface area contributed by atoms with E-state index in [4.69, 9.17) is 11.6 Å². The Morgan fingerprint density at radius 1 is 1.15 bits per heavy atom. The highest BCUT2D eigenvalue weighted by atomic mass is 127. The van der Waals surface area contributed by atoms with Crippen molar-refractivity contribution in [2.24, 2.45) is 11.8 Å². The number of carbonyl (C=O) groups is 1. The van der Waals surface area contributed by atoms with Gasteiger partial charge in [0.15, 0.2) is 0 Å². The number of dihydropyridines is 1. The van der Waals surface area contributed by atoms with Crippen molar-refractivity contribution in [3.63, 3.8) is 0 Å². The fourth-order valence-corrected chi connectivity index (χ4v) is 6.66. The van der Waals surface area contributed by atoms with Crippen molar-refractivity contribution in [2.75, 3.05) is 33.2 Å². The first-order chi connectivity index (χ1) is 16.0. The van der Waals surface area contributed by atoms with Crippen LogP contribution in [0.5, 0.6) is 0 Å². The second kappa shape index (κ2) is 12.2. The Morgan fingerprint density at radius 2 is 1.91 bits per heavy atom. The molecule has 6 heteroatoms. The zero-order chi connectivity index (χ0) is 23.2. The van der Waals surface area contributed by atoms with Crippen LogP contribution < -0.4 is 10.6 Å². The van der Waals surface area contributed by atoms with E-state index in [1.165, 1.54) is 53.5 Å². The first-order valence-corrected chi connectivity index (χ1v) is 13.9. The van der Waals surface area contributed by atoms with Crippen molar-refractivity contribution in [3.8, 4) is 0 Å². The summed E-state index contributed by atoms with van der Waals surface area (Å²) in [5, 5.41) is 7.87. The second-order valence-corrected chi connectivity index (χ2v) is 11.7. The highest BCUT2D eigenvalue weighted by Gasteiger charge is 2.38. The molecule has 0 amide bonds. The van der Waals surface area contributed by atoms with Crippen LogP contribution in [-0.4, -0.2) is 50.5 Å². The van der Waals surface area contributed by atoms with Gasteiger partial charge in [-0.1, -0.05) is 17.7 Å². The Hall–Kier alpha value is -0.890. The van der Waals surface area contributed by atoms with Crippen molar-refractivity contribution in [1.29, 1.82) is 0 Å². The molecule has 3 heterocycles. The summed E-state index contributed by atoms with van der Waals surface area (Å²) in [6.07, 6.45) is 13.6. The maximum atomic E-state index is 10.1. The summed E-state index contributed by atoms with van der Waals surface area (Å²) in [6.45, 7) is 4.61. The third-order valence-electron chi connectivity index (χ3n) is 7.79. The van der Waals surface area contributed by atoms with Crippen LogP contribution in [0, 0.1) is 11.8 Å². The number of allylic oxidation sites excluding steroid dienone is 2. The minimum absolute atomic E-state index is 0.444. The summed E-state index contributed by atoms with van der Waals surface area (Å²) in [6, 6.07) is 7.03. The number of carbonyl (C=O) groups excluding carboxylic acids is 1. The zero-order valence-electron chi connectivity index (χ0n) is 19.7. The number of nitrogens with zero attached hydrogens (tertiary/aromatic N) is 1. The molecule has 3 aliphatic heterocycles. The molecule has 2 saturated heterocycles. The molecule has 0 spiro atoms. The van der Waals surface area contributed by atoms with Gasteiger partial charge in [-0.25, -0.2) is 0 Å². The van der Waals surface area contributed by atoms with Crippen LogP contribution in [0.1, 0.15) is 55.6 Å². The molecule has 2 atom stereocenters. The molecule has 1 aromatic rings. The number of halogens is 2. The topological polar surface area (TPSA) is 44.4 Å². The van der Waals surface area contributed by atoms with E-state index >= 15 is 0 Å². The third-order valence-corrected chi connectivity index (χ3v) is 8.65. The molecule has 0 bridgehead atoms. The Kier molecular flexibility index (Phi) is 9.31. The van der Waals surface area contributed by atoms with Crippen molar-refractivity contribution >= 4 is 40.5 Å². The third kappa shape index (κ3) is 6.62. The number of hydrogen-bond donors (Lipinski definition) is 2. The summed E-state index contributed by atoms with van der Waals surface area (Å²) in [5.74, 6) is 1.97. The van der Waals surface area contributed by atoms with Crippen LogP contribution in [0.3, 0.4) is 0 Å². The van der Waals surface area contributed by atoms with Gasteiger partial charge in [0, 0.05) is 27.1 Å². The Balaban J connectivity index is 0.000000243. The smallest absolute Gasteiger partial charge is 0.120 e. The lowest BCUT2D eigenvalue weighted by atomic mass is 9.73. The summed E-state index contributed by atoms with van der Waals surface area (Å²) in [5.41, 5.74) is 4.55. The van der Waals surface area contributed by atoms with Crippen LogP contribution in [0.4, 0.5) is 0 Å². The average molecular weight is 582 g/mol. The Bertz CT molecular complexity index is 872. The number of likely N-dealkylation sites (tertiary alicyclic amines) is 1. The van der Waals surface area contributed by atoms with Crippen LogP contribution in [-0.2, 0) is 11.2 Å². The number of hydrogen-bond acceptors (Lipinski definition) is 4. The second-order valence-electron chi connectivity index (χ2n) is 10.00. The number of rotatable bonds is 3. The molecule has 2 N–H and O–H groups in total. The van der Waals surface area contributed by atoms with Gasteiger partial charge in [0.25, 0.3) is 0 Å². The number of aryl methyl sites for hydroxylation is 1. The molecular formula is C27H37ClIN3O. The van der Waals surface area contributed by atoms with Crippen LogP contribution >= 0.6 is 34.2 Å². The lowest BCUT2D eigenvalue weighted by molar-refractivity contribution is -0.108. The molecule has 33 heavy (non-hydrogen) atoms. The molecule has 2 fully saturated rings. The lowest BCUT2D eigenvalue weighted by Crippen LogP contribution is -2.42. The predicted molar refractivity (Wildman–Crippen MR) is 146 cm³/mol. The number of nitrogens with one attached hydrogen (secondary N) is 2. The fraction of sp³-hybridized carbons (Fsp3) is 0.593. The van der Waals surface area contributed by atoms with Crippen LogP contribution in [0.2, 0.25) is 5.02 Å². The summed E-state index contributed by atoms with van der Waals surface area (Å²) in [4.78, 5) is 12.5. The number of benzene rings is 1. The minimum atomic E-state index is 0.444. The molecule has 180 valence electrons. The van der Waals surface area contributed by atoms with Gasteiger partial charge in [-0.05, 0) is 141 Å². The minimum Gasteiger partial charge on any atom is -0.383 e. The van der Waals surface area contributed by atoms with Crippen LogP contribution in [0.25, 0.3) is 0 Å². The van der Waals surface area contributed by atoms with Gasteiger partial charge in [0.1, 0.15) is 6.29 Å². The highest BCUT2D eigenvalue weighted by molar-refractivity contribution is 14.1. The summed E-state index contributed by atoms with van der Waals surface area (Å²) < 4.78 is 1.31. The SMILES string of the molecule is CN1CCC(C2c3ccc(Cl)cc3CCC3=CC(I)=CNC32)CC1.O=CCC1CCNCC1. The van der Waals surface area contributed by atoms with Crippen molar-refractivity contribution in [3.05, 3.63) is 55.8 Å². The maximum Gasteiger partial charge on any atom is 0.120 e. The molecule has 4 nitrogen and oxygen atoms in total. The van der Waals surface area contributed by atoms with Gasteiger partial charge in [-0.3, -0.25) is 0 Å². The van der Waals surface area contributed by atoms with Gasteiger partial charge in [-0.15, -0.1) is 0 Å². The first kappa shape index (κ1) is 25.2. The van der Waals surface area contributed by atoms with Gasteiger partial charge >= 0.3 is 0 Å². The van der Waals surface area contributed by atoms with Crippen molar-refractivity contribution in [1.82, 2.24) is 15.5 Å². The molecule has 1 aromatic carbocycles. The molecule has 0 aromatic heterocycles. The first-order valence-electron chi connectivity index (χ1n) is 12.5. The fourth-order valence-electron chi connectivity index (χ4n) is 5.89. The lowest BCUT2D eigenvalue weighted by Gasteiger charge is -2.40. The van der Waals surface area contributed by atoms with Crippen molar-refractivity contribution < 1.29 is 4.79 Å². The van der Waals surface area contributed by atoms with E-state index in [0.29, 0.717) is 17.9 Å². The molecular weight excluding hydrogens is 545 g/mol. The highest BCUT2D eigenvalue weighted by Crippen LogP contribution is 2.44. The average Bonchev–Trinajstić information content (AvgIpc) is 2.97. The molecule has 1 aliphatic carbocycles. The van der Waals surface area contributed by atoms with E-state index in [-0.39, 0.29) is 0 Å². The molecule has 0 radical (unpaired) electrons. The van der Waals surface area contributed by atoms with Gasteiger partial charge in [0.05, 0.1) is 6.04 Å². The summed E-state index contributed by atoms with van der Waals surface area (Å²) in [7, 11) is 2.24. The van der Waals surface area contributed by atoms with Gasteiger partial charge in [-0.2, -0.15) is 0 Å². The van der Waals surface area contributed by atoms with E-state index in [1.54, 1.807) is 5.57 Å². The largest absolute Gasteiger partial charge is 0.383 e. The maximum absolute atomic E-state index is 10.1. The predicted octanol–water partition coefficient (Wildman–Crippen LogP) is 5.46. The van der Waals surface area contributed by atoms with E-state index in [1.807, 2.05) is 0 Å². The number of fused-ring (bicyclic) bond motifs is 2. The van der Waals surface area contributed by atoms with Gasteiger partial charge < -0.3 is 20.3 Å². The standard InChI is InChI=1S/C20H24ClIN2.C7H13NO/c1-24-8-6-13(7-9-24)19-18-5-4-16(21)10-14(18)2-3-15-11-17(22)12-23-20(15)19;9-6-3-7-1-4-8-5-2-7/h4-5,10-13,19-20,23H,2-3,6-9H2,1H3;6-8H,1-5H2. The normalized spacial score (nSPS) is 26.4. The zero-order valence-corrected chi connectivity index (χ0v) is 22.6. The van der Waals surface area contributed by atoms with E-state index in [0.717, 1.165) is 49.6 Å². The number of piperidine rings is 2. The Labute approximate surface area is 217 Å². The van der Waals surface area contributed by atoms with E-state index in [2.05, 4.69) is 75.6 Å². The molecule has 0 saturated carbocycles.